The largest absolute Gasteiger partial charge is 0.458 e. The number of anilines is 1. The van der Waals surface area contributed by atoms with Gasteiger partial charge in [0.05, 0.1) is 18.2 Å². The van der Waals surface area contributed by atoms with Gasteiger partial charge in [-0.2, -0.15) is 5.26 Å². The fraction of sp³-hybridized carbons (Fsp3) is 0.333. The minimum absolute atomic E-state index is 0.0110. The molecule has 0 radical (unpaired) electrons. The van der Waals surface area contributed by atoms with Crippen LogP contribution in [0.15, 0.2) is 54.6 Å². The lowest BCUT2D eigenvalue weighted by Crippen LogP contribution is -2.49. The van der Waals surface area contributed by atoms with Gasteiger partial charge in [0.2, 0.25) is 0 Å². The zero-order valence-electron chi connectivity index (χ0n) is 18.2. The van der Waals surface area contributed by atoms with Crippen molar-refractivity contribution in [1.82, 2.24) is 5.32 Å². The smallest absolute Gasteiger partial charge is 0.415 e. The molecule has 0 bridgehead atoms. The molecule has 1 aliphatic heterocycles. The van der Waals surface area contributed by atoms with Crippen LogP contribution in [0.3, 0.4) is 0 Å². The maximum absolute atomic E-state index is 12.9. The van der Waals surface area contributed by atoms with Gasteiger partial charge in [-0.25, -0.2) is 9.59 Å². The lowest BCUT2D eigenvalue weighted by atomic mass is 10.1. The molecule has 8 heteroatoms. The first kappa shape index (κ1) is 22.8. The molecular formula is C24H25N3O5. The number of ether oxygens (including phenoxy) is 2. The molecule has 2 aromatic carbocycles. The van der Waals surface area contributed by atoms with Crippen LogP contribution in [0.1, 0.15) is 31.9 Å². The summed E-state index contributed by atoms with van der Waals surface area (Å²) in [4.78, 5) is 39.2. The van der Waals surface area contributed by atoms with Gasteiger partial charge in [-0.15, -0.1) is 0 Å². The van der Waals surface area contributed by atoms with Crippen LogP contribution in [0.5, 0.6) is 0 Å². The lowest BCUT2D eigenvalue weighted by molar-refractivity contribution is -0.159. The molecular weight excluding hydrogens is 410 g/mol. The van der Waals surface area contributed by atoms with E-state index in [-0.39, 0.29) is 13.0 Å². The summed E-state index contributed by atoms with van der Waals surface area (Å²) < 4.78 is 10.7. The summed E-state index contributed by atoms with van der Waals surface area (Å²) in [7, 11) is 0. The standard InChI is InChI=1S/C24H25N3O5/c1-24(2,3)32-22(29)19(13-16-7-5-4-6-8-16)26-21(28)20-15-27(23(30)31-20)18-11-9-17(14-25)10-12-18/h4-12,19-20H,13,15H2,1-3H3,(H,26,28)/t19-,20?/m1/s1. The summed E-state index contributed by atoms with van der Waals surface area (Å²) in [5, 5.41) is 11.6. The Morgan fingerprint density at radius 2 is 1.84 bits per heavy atom. The van der Waals surface area contributed by atoms with Crippen LogP contribution < -0.4 is 10.2 Å². The number of amides is 2. The minimum Gasteiger partial charge on any atom is -0.458 e. The number of nitriles is 1. The highest BCUT2D eigenvalue weighted by Gasteiger charge is 2.39. The zero-order valence-corrected chi connectivity index (χ0v) is 18.2. The predicted molar refractivity (Wildman–Crippen MR) is 117 cm³/mol. The predicted octanol–water partition coefficient (Wildman–Crippen LogP) is 2.95. The van der Waals surface area contributed by atoms with E-state index in [9.17, 15) is 14.4 Å². The summed E-state index contributed by atoms with van der Waals surface area (Å²) in [6, 6.07) is 16.7. The molecule has 1 N–H and O–H groups in total. The maximum atomic E-state index is 12.9. The van der Waals surface area contributed by atoms with Crippen LogP contribution in [0, 0.1) is 11.3 Å². The number of cyclic esters (lactones) is 1. The van der Waals surface area contributed by atoms with Crippen LogP contribution >= 0.6 is 0 Å². The van der Waals surface area contributed by atoms with Crippen LogP contribution in [-0.4, -0.2) is 42.3 Å². The van der Waals surface area contributed by atoms with Crippen LogP contribution in [0.2, 0.25) is 0 Å². The molecule has 1 aliphatic rings. The molecule has 1 unspecified atom stereocenters. The first-order chi connectivity index (χ1) is 15.2. The molecule has 0 aromatic heterocycles. The van der Waals surface area contributed by atoms with E-state index in [2.05, 4.69) is 5.32 Å². The van der Waals surface area contributed by atoms with Crippen molar-refractivity contribution in [3.05, 3.63) is 65.7 Å². The third-order valence-electron chi connectivity index (χ3n) is 4.70. The molecule has 3 rings (SSSR count). The number of nitrogens with zero attached hydrogens (tertiary/aromatic N) is 2. The van der Waals surface area contributed by atoms with Crippen molar-refractivity contribution in [1.29, 1.82) is 5.26 Å². The number of rotatable bonds is 6. The monoisotopic (exact) mass is 435 g/mol. The van der Waals surface area contributed by atoms with Crippen molar-refractivity contribution in [2.75, 3.05) is 11.4 Å². The van der Waals surface area contributed by atoms with Gasteiger partial charge in [-0.05, 0) is 50.6 Å². The Bertz CT molecular complexity index is 1020. The second-order valence-corrected chi connectivity index (χ2v) is 8.43. The average molecular weight is 435 g/mol. The highest BCUT2D eigenvalue weighted by Crippen LogP contribution is 2.22. The van der Waals surface area contributed by atoms with Gasteiger partial charge in [0.25, 0.3) is 5.91 Å². The van der Waals surface area contributed by atoms with Crippen LogP contribution in [0.25, 0.3) is 0 Å². The molecule has 2 amide bonds. The molecule has 166 valence electrons. The number of esters is 1. The number of carbonyl (C=O) groups excluding carboxylic acids is 3. The summed E-state index contributed by atoms with van der Waals surface area (Å²) >= 11 is 0. The van der Waals surface area contributed by atoms with Gasteiger partial charge in [0.1, 0.15) is 11.6 Å². The molecule has 0 spiro atoms. The molecule has 1 saturated heterocycles. The number of carbonyl (C=O) groups is 3. The Kier molecular flexibility index (Phi) is 6.79. The number of benzene rings is 2. The van der Waals surface area contributed by atoms with Gasteiger partial charge in [0, 0.05) is 12.1 Å². The molecule has 8 nitrogen and oxygen atoms in total. The first-order valence-corrected chi connectivity index (χ1v) is 10.2. The van der Waals surface area contributed by atoms with E-state index in [4.69, 9.17) is 14.7 Å². The Hall–Kier alpha value is -3.86. The van der Waals surface area contributed by atoms with E-state index in [1.807, 2.05) is 36.4 Å². The third-order valence-corrected chi connectivity index (χ3v) is 4.70. The normalized spacial score (nSPS) is 16.6. The van der Waals surface area contributed by atoms with Crippen LogP contribution in [0.4, 0.5) is 10.5 Å². The van der Waals surface area contributed by atoms with Gasteiger partial charge in [0.15, 0.2) is 6.10 Å². The third kappa shape index (κ3) is 5.85. The van der Waals surface area contributed by atoms with Gasteiger partial charge < -0.3 is 14.8 Å². The van der Waals surface area contributed by atoms with Crippen molar-refractivity contribution in [2.45, 2.75) is 44.9 Å². The van der Waals surface area contributed by atoms with Gasteiger partial charge in [-0.3, -0.25) is 9.69 Å². The fourth-order valence-electron chi connectivity index (χ4n) is 3.21. The highest BCUT2D eigenvalue weighted by atomic mass is 16.6. The first-order valence-electron chi connectivity index (χ1n) is 10.2. The van der Waals surface area contributed by atoms with E-state index < -0.39 is 35.7 Å². The molecule has 2 aromatic rings. The van der Waals surface area contributed by atoms with Gasteiger partial charge in [-0.1, -0.05) is 30.3 Å². The number of hydrogen-bond acceptors (Lipinski definition) is 6. The zero-order chi connectivity index (χ0) is 23.3. The van der Waals surface area contributed by atoms with E-state index in [1.165, 1.54) is 4.90 Å². The second-order valence-electron chi connectivity index (χ2n) is 8.43. The van der Waals surface area contributed by atoms with Crippen molar-refractivity contribution >= 4 is 23.7 Å². The van der Waals surface area contributed by atoms with E-state index in [1.54, 1.807) is 45.0 Å². The average Bonchev–Trinajstić information content (AvgIpc) is 3.14. The summed E-state index contributed by atoms with van der Waals surface area (Å²) in [6.45, 7) is 5.24. The highest BCUT2D eigenvalue weighted by molar-refractivity contribution is 5.96. The fourth-order valence-corrected chi connectivity index (χ4v) is 3.21. The van der Waals surface area contributed by atoms with Crippen molar-refractivity contribution in [2.24, 2.45) is 0 Å². The number of hydrogen-bond donors (Lipinski definition) is 1. The molecule has 1 fully saturated rings. The van der Waals surface area contributed by atoms with Crippen molar-refractivity contribution < 1.29 is 23.9 Å². The Morgan fingerprint density at radius 3 is 2.44 bits per heavy atom. The van der Waals surface area contributed by atoms with E-state index in [0.29, 0.717) is 11.3 Å². The quantitative estimate of drug-likeness (QED) is 0.699. The summed E-state index contributed by atoms with van der Waals surface area (Å²) in [5.74, 6) is -1.15. The van der Waals surface area contributed by atoms with E-state index >= 15 is 0 Å². The van der Waals surface area contributed by atoms with Gasteiger partial charge >= 0.3 is 12.1 Å². The topological polar surface area (TPSA) is 109 Å². The minimum atomic E-state index is -1.08. The van der Waals surface area contributed by atoms with Crippen molar-refractivity contribution in [3.8, 4) is 6.07 Å². The Labute approximate surface area is 186 Å². The molecule has 0 saturated carbocycles. The molecule has 1 heterocycles. The van der Waals surface area contributed by atoms with E-state index in [0.717, 1.165) is 5.56 Å². The second kappa shape index (κ2) is 9.52. The molecule has 2 atom stereocenters. The maximum Gasteiger partial charge on any atom is 0.415 e. The van der Waals surface area contributed by atoms with Crippen molar-refractivity contribution in [3.63, 3.8) is 0 Å². The number of nitrogens with one attached hydrogen (secondary N) is 1. The summed E-state index contributed by atoms with van der Waals surface area (Å²) in [6.07, 6.45) is -1.52. The summed E-state index contributed by atoms with van der Waals surface area (Å²) in [5.41, 5.74) is 1.10. The van der Waals surface area contributed by atoms with Crippen LogP contribution in [-0.2, 0) is 25.5 Å². The molecule has 32 heavy (non-hydrogen) atoms. The molecule has 0 aliphatic carbocycles. The Balaban J connectivity index is 1.71. The SMILES string of the molecule is CC(C)(C)OC(=O)[C@@H](Cc1ccccc1)NC(=O)C1CN(c2ccc(C#N)cc2)C(=O)O1. The lowest BCUT2D eigenvalue weighted by Gasteiger charge is -2.25. The Morgan fingerprint density at radius 1 is 1.19 bits per heavy atom.